The molecule has 1 aromatic carbocycles. The van der Waals surface area contributed by atoms with E-state index in [0.29, 0.717) is 12.1 Å². The maximum absolute atomic E-state index is 12.9. The van der Waals surface area contributed by atoms with Gasteiger partial charge in [-0.25, -0.2) is 13.2 Å². The van der Waals surface area contributed by atoms with Crippen molar-refractivity contribution >= 4 is 5.69 Å². The Morgan fingerprint density at radius 2 is 1.79 bits per heavy atom. The van der Waals surface area contributed by atoms with Crippen LogP contribution in [0.5, 0.6) is 0 Å². The van der Waals surface area contributed by atoms with Crippen LogP contribution in [0.1, 0.15) is 6.92 Å². The summed E-state index contributed by atoms with van der Waals surface area (Å²) in [7, 11) is 0. The summed E-state index contributed by atoms with van der Waals surface area (Å²) in [6.45, 7) is 1.56. The highest BCUT2D eigenvalue weighted by Gasteiger charge is 2.09. The van der Waals surface area contributed by atoms with Crippen LogP contribution in [0.2, 0.25) is 0 Å². The van der Waals surface area contributed by atoms with E-state index in [2.05, 4.69) is 5.32 Å². The molecule has 0 saturated heterocycles. The van der Waals surface area contributed by atoms with Gasteiger partial charge in [0, 0.05) is 18.7 Å². The number of halogens is 3. The maximum Gasteiger partial charge on any atom is 0.161 e. The lowest BCUT2D eigenvalue weighted by molar-refractivity contribution is 0.208. The monoisotopic (exact) mass is 205 g/mol. The second kappa shape index (κ2) is 4.32. The third-order valence-electron chi connectivity index (χ3n) is 1.60. The smallest absolute Gasteiger partial charge is 0.161 e. The van der Waals surface area contributed by atoms with Crippen LogP contribution in [0.25, 0.3) is 0 Å². The Morgan fingerprint density at radius 1 is 1.21 bits per heavy atom. The first-order valence-electron chi connectivity index (χ1n) is 4.07. The lowest BCUT2D eigenvalue weighted by Crippen LogP contribution is -2.16. The van der Waals surface area contributed by atoms with E-state index in [-0.39, 0.29) is 12.2 Å². The molecule has 0 amide bonds. The zero-order valence-corrected chi connectivity index (χ0v) is 7.52. The Balaban J connectivity index is 2.82. The summed E-state index contributed by atoms with van der Waals surface area (Å²) in [4.78, 5) is 0. The fourth-order valence-electron chi connectivity index (χ4n) is 0.916. The molecule has 0 aliphatic heterocycles. The van der Waals surface area contributed by atoms with Crippen LogP contribution in [-0.4, -0.2) is 17.8 Å². The van der Waals surface area contributed by atoms with Crippen molar-refractivity contribution in [3.63, 3.8) is 0 Å². The van der Waals surface area contributed by atoms with E-state index >= 15 is 0 Å². The molecule has 0 fully saturated rings. The molecular formula is C9H10F3NO. The Hall–Kier alpha value is -1.23. The van der Waals surface area contributed by atoms with Gasteiger partial charge in [-0.3, -0.25) is 0 Å². The topological polar surface area (TPSA) is 32.3 Å². The largest absolute Gasteiger partial charge is 0.392 e. The summed E-state index contributed by atoms with van der Waals surface area (Å²) in [5, 5.41) is 11.3. The van der Waals surface area contributed by atoms with Crippen LogP contribution in [0, 0.1) is 17.5 Å². The highest BCUT2D eigenvalue weighted by Crippen LogP contribution is 2.18. The van der Waals surface area contributed by atoms with Gasteiger partial charge in [0.05, 0.1) is 11.8 Å². The normalized spacial score (nSPS) is 12.6. The van der Waals surface area contributed by atoms with Crippen molar-refractivity contribution < 1.29 is 18.3 Å². The SMILES string of the molecule is C[C@@H](O)CNc1cc(F)c(F)cc1F. The van der Waals surface area contributed by atoms with Crippen LogP contribution in [-0.2, 0) is 0 Å². The van der Waals surface area contributed by atoms with E-state index in [1.165, 1.54) is 6.92 Å². The molecule has 78 valence electrons. The number of hydrogen-bond donors (Lipinski definition) is 2. The van der Waals surface area contributed by atoms with E-state index in [1.54, 1.807) is 0 Å². The van der Waals surface area contributed by atoms with Crippen LogP contribution in [0.3, 0.4) is 0 Å². The average molecular weight is 205 g/mol. The lowest BCUT2D eigenvalue weighted by Gasteiger charge is -2.09. The first-order valence-corrected chi connectivity index (χ1v) is 4.07. The van der Waals surface area contributed by atoms with Crippen molar-refractivity contribution in [2.45, 2.75) is 13.0 Å². The highest BCUT2D eigenvalue weighted by atomic mass is 19.2. The first kappa shape index (κ1) is 10.8. The molecule has 5 heteroatoms. The minimum atomic E-state index is -1.23. The Bertz CT molecular complexity index is 328. The predicted molar refractivity (Wildman–Crippen MR) is 46.5 cm³/mol. The minimum Gasteiger partial charge on any atom is -0.392 e. The van der Waals surface area contributed by atoms with E-state index < -0.39 is 23.6 Å². The minimum absolute atomic E-state index is 0.0714. The van der Waals surface area contributed by atoms with Crippen molar-refractivity contribution in [2.24, 2.45) is 0 Å². The zero-order chi connectivity index (χ0) is 10.7. The fourth-order valence-corrected chi connectivity index (χ4v) is 0.916. The van der Waals surface area contributed by atoms with Crippen molar-refractivity contribution in [3.8, 4) is 0 Å². The molecule has 1 aromatic rings. The Labute approximate surface area is 79.4 Å². The zero-order valence-electron chi connectivity index (χ0n) is 7.52. The average Bonchev–Trinajstić information content (AvgIpc) is 2.09. The van der Waals surface area contributed by atoms with Gasteiger partial charge in [-0.2, -0.15) is 0 Å². The third-order valence-corrected chi connectivity index (χ3v) is 1.60. The lowest BCUT2D eigenvalue weighted by atomic mass is 10.2. The van der Waals surface area contributed by atoms with Gasteiger partial charge in [0.25, 0.3) is 0 Å². The Morgan fingerprint density at radius 3 is 2.36 bits per heavy atom. The molecule has 0 bridgehead atoms. The van der Waals surface area contributed by atoms with Crippen molar-refractivity contribution in [2.75, 3.05) is 11.9 Å². The molecule has 14 heavy (non-hydrogen) atoms. The van der Waals surface area contributed by atoms with Crippen molar-refractivity contribution in [1.29, 1.82) is 0 Å². The van der Waals surface area contributed by atoms with Crippen LogP contribution < -0.4 is 5.32 Å². The van der Waals surface area contributed by atoms with Crippen molar-refractivity contribution in [3.05, 3.63) is 29.6 Å². The molecule has 0 aliphatic rings. The number of aliphatic hydroxyl groups excluding tert-OH is 1. The number of hydrogen-bond acceptors (Lipinski definition) is 2. The van der Waals surface area contributed by atoms with E-state index in [0.717, 1.165) is 0 Å². The molecule has 2 N–H and O–H groups in total. The predicted octanol–water partition coefficient (Wildman–Crippen LogP) is 1.90. The maximum atomic E-state index is 12.9. The molecule has 2 nitrogen and oxygen atoms in total. The van der Waals surface area contributed by atoms with Crippen LogP contribution >= 0.6 is 0 Å². The van der Waals surface area contributed by atoms with Crippen LogP contribution in [0.15, 0.2) is 12.1 Å². The van der Waals surface area contributed by atoms with Gasteiger partial charge in [-0.05, 0) is 6.92 Å². The van der Waals surface area contributed by atoms with Gasteiger partial charge in [0.15, 0.2) is 11.6 Å². The molecule has 0 saturated carbocycles. The number of aliphatic hydroxyl groups is 1. The van der Waals surface area contributed by atoms with Gasteiger partial charge in [-0.15, -0.1) is 0 Å². The van der Waals surface area contributed by atoms with E-state index in [4.69, 9.17) is 5.11 Å². The number of anilines is 1. The third kappa shape index (κ3) is 2.63. The van der Waals surface area contributed by atoms with Crippen molar-refractivity contribution in [1.82, 2.24) is 0 Å². The summed E-state index contributed by atoms with van der Waals surface area (Å²) < 4.78 is 38.0. The molecular weight excluding hydrogens is 195 g/mol. The summed E-state index contributed by atoms with van der Waals surface area (Å²) in [6, 6.07) is 1.17. The highest BCUT2D eigenvalue weighted by molar-refractivity contribution is 5.45. The van der Waals surface area contributed by atoms with Gasteiger partial charge < -0.3 is 10.4 Å². The van der Waals surface area contributed by atoms with E-state index in [1.807, 2.05) is 0 Å². The molecule has 0 heterocycles. The van der Waals surface area contributed by atoms with Gasteiger partial charge in [-0.1, -0.05) is 0 Å². The summed E-state index contributed by atoms with van der Waals surface area (Å²) in [5.74, 6) is -3.24. The van der Waals surface area contributed by atoms with Gasteiger partial charge in [0.1, 0.15) is 5.82 Å². The number of benzene rings is 1. The fraction of sp³-hybridized carbons (Fsp3) is 0.333. The summed E-state index contributed by atoms with van der Waals surface area (Å²) >= 11 is 0. The second-order valence-corrected chi connectivity index (χ2v) is 2.98. The molecule has 1 rings (SSSR count). The van der Waals surface area contributed by atoms with Gasteiger partial charge in [0.2, 0.25) is 0 Å². The standard InChI is InChI=1S/C9H10F3NO/c1-5(14)4-13-9-3-7(11)6(10)2-8(9)12/h2-3,5,13-14H,4H2,1H3/t5-/m1/s1. The quantitative estimate of drug-likeness (QED) is 0.738. The molecule has 0 aliphatic carbocycles. The molecule has 0 unspecified atom stereocenters. The molecule has 1 atom stereocenters. The molecule has 0 radical (unpaired) electrons. The summed E-state index contributed by atoms with van der Waals surface area (Å²) in [6.07, 6.45) is -0.692. The molecule has 0 aromatic heterocycles. The summed E-state index contributed by atoms with van der Waals surface area (Å²) in [5.41, 5.74) is -0.162. The van der Waals surface area contributed by atoms with Crippen LogP contribution in [0.4, 0.5) is 18.9 Å². The second-order valence-electron chi connectivity index (χ2n) is 2.98. The first-order chi connectivity index (χ1) is 6.50. The Kier molecular flexibility index (Phi) is 3.35. The number of rotatable bonds is 3. The van der Waals surface area contributed by atoms with Gasteiger partial charge >= 0.3 is 0 Å². The number of nitrogens with one attached hydrogen (secondary N) is 1. The molecule has 0 spiro atoms. The van der Waals surface area contributed by atoms with E-state index in [9.17, 15) is 13.2 Å².